The number of aromatic nitrogens is 3. The number of rotatable bonds is 6. The molecule has 0 spiro atoms. The van der Waals surface area contributed by atoms with E-state index in [4.69, 9.17) is 11.6 Å². The van der Waals surface area contributed by atoms with Crippen LogP contribution in [-0.2, 0) is 13.5 Å². The van der Waals surface area contributed by atoms with Crippen LogP contribution in [0.3, 0.4) is 0 Å². The number of halogens is 2. The molecule has 0 fully saturated rings. The van der Waals surface area contributed by atoms with Gasteiger partial charge in [0, 0.05) is 29.0 Å². The van der Waals surface area contributed by atoms with Gasteiger partial charge in [0.15, 0.2) is 0 Å². The number of nitrogens with one attached hydrogen (secondary N) is 1. The minimum absolute atomic E-state index is 0.158. The van der Waals surface area contributed by atoms with Crippen molar-refractivity contribution in [1.82, 2.24) is 20.1 Å². The normalized spacial score (nSPS) is 12.6. The second-order valence-electron chi connectivity index (χ2n) is 4.68. The van der Waals surface area contributed by atoms with Gasteiger partial charge in [0.1, 0.15) is 12.2 Å². The van der Waals surface area contributed by atoms with Crippen molar-refractivity contribution in [3.05, 3.63) is 45.4 Å². The predicted octanol–water partition coefficient (Wildman–Crippen LogP) is 3.51. The third kappa shape index (κ3) is 3.81. The van der Waals surface area contributed by atoms with Crippen molar-refractivity contribution in [2.75, 3.05) is 6.54 Å². The molecule has 0 bridgehead atoms. The van der Waals surface area contributed by atoms with Crippen LogP contribution < -0.4 is 5.32 Å². The lowest BCUT2D eigenvalue weighted by Gasteiger charge is -2.20. The molecule has 0 radical (unpaired) electrons. The Morgan fingerprint density at radius 2 is 2.25 bits per heavy atom. The standard InChI is InChI=1S/C14H18BrClN4/c1-3-6-17-13(8-14-18-9-19-20(14)2)11-7-10(16)4-5-12(11)15/h4-5,7,9,13,17H,3,6,8H2,1-2H3. The number of nitrogens with zero attached hydrogens (tertiary/aromatic N) is 3. The topological polar surface area (TPSA) is 42.7 Å². The third-order valence-electron chi connectivity index (χ3n) is 3.17. The summed E-state index contributed by atoms with van der Waals surface area (Å²) in [7, 11) is 1.91. The van der Waals surface area contributed by atoms with Crippen LogP contribution in [0.5, 0.6) is 0 Å². The van der Waals surface area contributed by atoms with Crippen molar-refractivity contribution in [3.63, 3.8) is 0 Å². The van der Waals surface area contributed by atoms with Crippen molar-refractivity contribution in [2.24, 2.45) is 7.05 Å². The molecule has 1 unspecified atom stereocenters. The molecule has 2 aromatic rings. The van der Waals surface area contributed by atoms with E-state index in [9.17, 15) is 0 Å². The molecule has 1 N–H and O–H groups in total. The highest BCUT2D eigenvalue weighted by Crippen LogP contribution is 2.28. The van der Waals surface area contributed by atoms with Gasteiger partial charge in [0.05, 0.1) is 0 Å². The van der Waals surface area contributed by atoms with Crippen LogP contribution in [0.2, 0.25) is 5.02 Å². The van der Waals surface area contributed by atoms with Crippen LogP contribution in [0.4, 0.5) is 0 Å². The quantitative estimate of drug-likeness (QED) is 0.860. The Bertz CT molecular complexity index is 570. The Balaban J connectivity index is 2.27. The fraction of sp³-hybridized carbons (Fsp3) is 0.429. The summed E-state index contributed by atoms with van der Waals surface area (Å²) in [5.74, 6) is 0.950. The maximum Gasteiger partial charge on any atom is 0.138 e. The minimum Gasteiger partial charge on any atom is -0.310 e. The van der Waals surface area contributed by atoms with Crippen molar-refractivity contribution >= 4 is 27.5 Å². The molecule has 1 aromatic carbocycles. The second kappa shape index (κ2) is 7.20. The Labute approximate surface area is 132 Å². The molecule has 0 aliphatic carbocycles. The maximum atomic E-state index is 6.13. The molecule has 0 saturated heterocycles. The smallest absolute Gasteiger partial charge is 0.138 e. The molecule has 20 heavy (non-hydrogen) atoms. The van der Waals surface area contributed by atoms with Crippen LogP contribution in [0, 0.1) is 0 Å². The number of aryl methyl sites for hydroxylation is 1. The lowest BCUT2D eigenvalue weighted by Crippen LogP contribution is -2.25. The van der Waals surface area contributed by atoms with E-state index in [-0.39, 0.29) is 6.04 Å². The van der Waals surface area contributed by atoms with Gasteiger partial charge in [-0.3, -0.25) is 4.68 Å². The highest BCUT2D eigenvalue weighted by atomic mass is 79.9. The van der Waals surface area contributed by atoms with Crippen molar-refractivity contribution in [3.8, 4) is 0 Å². The van der Waals surface area contributed by atoms with Crippen molar-refractivity contribution in [2.45, 2.75) is 25.8 Å². The number of benzene rings is 1. The monoisotopic (exact) mass is 356 g/mol. The SMILES string of the molecule is CCCNC(Cc1ncnn1C)c1cc(Cl)ccc1Br. The zero-order valence-electron chi connectivity index (χ0n) is 11.6. The summed E-state index contributed by atoms with van der Waals surface area (Å²) in [6.45, 7) is 3.10. The van der Waals surface area contributed by atoms with E-state index in [1.165, 1.54) is 0 Å². The van der Waals surface area contributed by atoms with Gasteiger partial charge in [-0.1, -0.05) is 34.5 Å². The molecule has 6 heteroatoms. The van der Waals surface area contributed by atoms with Crippen LogP contribution in [-0.4, -0.2) is 21.3 Å². The van der Waals surface area contributed by atoms with Gasteiger partial charge < -0.3 is 5.32 Å². The van der Waals surface area contributed by atoms with E-state index < -0.39 is 0 Å². The summed E-state index contributed by atoms with van der Waals surface area (Å²) in [4.78, 5) is 4.30. The first-order chi connectivity index (χ1) is 9.61. The predicted molar refractivity (Wildman–Crippen MR) is 84.9 cm³/mol. The molecule has 1 atom stereocenters. The zero-order valence-corrected chi connectivity index (χ0v) is 13.9. The van der Waals surface area contributed by atoms with Crippen LogP contribution in [0.25, 0.3) is 0 Å². The lowest BCUT2D eigenvalue weighted by atomic mass is 10.0. The summed E-state index contributed by atoms with van der Waals surface area (Å²) in [5.41, 5.74) is 1.15. The summed E-state index contributed by atoms with van der Waals surface area (Å²) in [5, 5.41) is 8.41. The Morgan fingerprint density at radius 3 is 2.90 bits per heavy atom. The number of hydrogen-bond donors (Lipinski definition) is 1. The first-order valence-electron chi connectivity index (χ1n) is 6.63. The molecule has 1 heterocycles. The molecular weight excluding hydrogens is 340 g/mol. The fourth-order valence-corrected chi connectivity index (χ4v) is 2.78. The van der Waals surface area contributed by atoms with Crippen LogP contribution >= 0.6 is 27.5 Å². The maximum absolute atomic E-state index is 6.13. The molecule has 0 aliphatic heterocycles. The second-order valence-corrected chi connectivity index (χ2v) is 5.97. The van der Waals surface area contributed by atoms with Gasteiger partial charge in [-0.25, -0.2) is 4.98 Å². The van der Waals surface area contributed by atoms with Crippen LogP contribution in [0.15, 0.2) is 29.0 Å². The van der Waals surface area contributed by atoms with E-state index in [1.54, 1.807) is 11.0 Å². The summed E-state index contributed by atoms with van der Waals surface area (Å²) in [6, 6.07) is 6.02. The highest BCUT2D eigenvalue weighted by molar-refractivity contribution is 9.10. The summed E-state index contributed by atoms with van der Waals surface area (Å²) >= 11 is 9.73. The molecular formula is C14H18BrClN4. The van der Waals surface area contributed by atoms with Gasteiger partial charge in [-0.15, -0.1) is 0 Å². The van der Waals surface area contributed by atoms with Gasteiger partial charge in [0.25, 0.3) is 0 Å². The fourth-order valence-electron chi connectivity index (χ4n) is 2.08. The number of hydrogen-bond acceptors (Lipinski definition) is 3. The first kappa shape index (κ1) is 15.5. The van der Waals surface area contributed by atoms with E-state index >= 15 is 0 Å². The van der Waals surface area contributed by atoms with Gasteiger partial charge in [0.2, 0.25) is 0 Å². The zero-order chi connectivity index (χ0) is 14.5. The molecule has 2 rings (SSSR count). The third-order valence-corrected chi connectivity index (χ3v) is 4.12. The van der Waals surface area contributed by atoms with Crippen LogP contribution in [0.1, 0.15) is 30.8 Å². The van der Waals surface area contributed by atoms with E-state index in [0.717, 1.165) is 40.3 Å². The van der Waals surface area contributed by atoms with Gasteiger partial charge >= 0.3 is 0 Å². The Kier molecular flexibility index (Phi) is 5.57. The Hall–Kier alpha value is -0.910. The molecule has 0 amide bonds. The van der Waals surface area contributed by atoms with Gasteiger partial charge in [-0.2, -0.15) is 5.10 Å². The summed E-state index contributed by atoms with van der Waals surface area (Å²) < 4.78 is 2.86. The first-order valence-corrected chi connectivity index (χ1v) is 7.80. The average Bonchev–Trinajstić information content (AvgIpc) is 2.83. The summed E-state index contributed by atoms with van der Waals surface area (Å²) in [6.07, 6.45) is 3.43. The molecule has 1 aromatic heterocycles. The minimum atomic E-state index is 0.158. The largest absolute Gasteiger partial charge is 0.310 e. The molecule has 108 valence electrons. The molecule has 0 aliphatic rings. The average molecular weight is 358 g/mol. The molecule has 0 saturated carbocycles. The van der Waals surface area contributed by atoms with Crippen molar-refractivity contribution in [1.29, 1.82) is 0 Å². The Morgan fingerprint density at radius 1 is 1.45 bits per heavy atom. The molecule has 4 nitrogen and oxygen atoms in total. The lowest BCUT2D eigenvalue weighted by molar-refractivity contribution is 0.505. The van der Waals surface area contributed by atoms with Crippen molar-refractivity contribution < 1.29 is 0 Å². The van der Waals surface area contributed by atoms with E-state index in [1.807, 2.05) is 25.2 Å². The van der Waals surface area contributed by atoms with Gasteiger partial charge in [-0.05, 0) is 36.7 Å². The highest BCUT2D eigenvalue weighted by Gasteiger charge is 2.17. The van der Waals surface area contributed by atoms with E-state index in [0.29, 0.717) is 0 Å². The van der Waals surface area contributed by atoms with E-state index in [2.05, 4.69) is 38.3 Å².